The molecule has 8 heteroatoms. The summed E-state index contributed by atoms with van der Waals surface area (Å²) in [5, 5.41) is 22.4. The zero-order valence-electron chi connectivity index (χ0n) is 16.2. The van der Waals surface area contributed by atoms with Crippen molar-refractivity contribution in [2.24, 2.45) is 0 Å². The van der Waals surface area contributed by atoms with Crippen molar-refractivity contribution >= 4 is 69.2 Å². The summed E-state index contributed by atoms with van der Waals surface area (Å²) in [6.07, 6.45) is -0.410. The average molecular weight is 552 g/mol. The Labute approximate surface area is 197 Å². The van der Waals surface area contributed by atoms with Crippen molar-refractivity contribution in [2.45, 2.75) is 12.6 Å². The molecule has 2 N–H and O–H groups in total. The lowest BCUT2D eigenvalue weighted by Crippen LogP contribution is -2.49. The monoisotopic (exact) mass is 551 g/mol. The lowest BCUT2D eigenvalue weighted by atomic mass is 10.2. The molecule has 2 heterocycles. The molecular formula is C21H28Cl2IN3O2. The summed E-state index contributed by atoms with van der Waals surface area (Å²) in [4.78, 5) is 4.60. The summed E-state index contributed by atoms with van der Waals surface area (Å²) in [5.74, 6) is 0. The maximum Gasteiger partial charge on any atom is 0.0845 e. The maximum absolute atomic E-state index is 10.8. The van der Waals surface area contributed by atoms with E-state index >= 15 is 0 Å². The summed E-state index contributed by atoms with van der Waals surface area (Å²) in [7, 11) is 0. The highest BCUT2D eigenvalue weighted by Gasteiger charge is 2.20. The minimum absolute atomic E-state index is 0. The predicted octanol–water partition coefficient (Wildman–Crippen LogP) is 3.21. The van der Waals surface area contributed by atoms with E-state index in [-0.39, 0.29) is 31.4 Å². The highest BCUT2D eigenvalue weighted by atomic mass is 127. The van der Waals surface area contributed by atoms with E-state index in [1.54, 1.807) is 0 Å². The Bertz CT molecular complexity index is 929. The van der Waals surface area contributed by atoms with Crippen molar-refractivity contribution in [2.75, 3.05) is 45.9 Å². The van der Waals surface area contributed by atoms with Crippen LogP contribution in [0.2, 0.25) is 0 Å². The van der Waals surface area contributed by atoms with Crippen molar-refractivity contribution in [3.63, 3.8) is 0 Å². The van der Waals surface area contributed by atoms with Gasteiger partial charge in [0.2, 0.25) is 0 Å². The number of rotatable bonds is 6. The molecule has 3 aromatic rings. The number of hydrogen-bond acceptors (Lipinski definition) is 4. The van der Waals surface area contributed by atoms with E-state index in [2.05, 4.69) is 79.4 Å². The number of fused-ring (bicyclic) bond motifs is 3. The molecule has 0 spiro atoms. The minimum Gasteiger partial charge on any atom is -0.395 e. The van der Waals surface area contributed by atoms with E-state index in [0.717, 1.165) is 32.7 Å². The fourth-order valence-corrected chi connectivity index (χ4v) is 4.62. The molecule has 0 bridgehead atoms. The van der Waals surface area contributed by atoms with Crippen LogP contribution in [0, 0.1) is 3.57 Å². The first-order valence-electron chi connectivity index (χ1n) is 9.56. The number of nitrogens with zero attached hydrogens (tertiary/aromatic N) is 3. The smallest absolute Gasteiger partial charge is 0.0845 e. The summed E-state index contributed by atoms with van der Waals surface area (Å²) in [6.45, 7) is 6.06. The van der Waals surface area contributed by atoms with Crippen LogP contribution < -0.4 is 0 Å². The topological polar surface area (TPSA) is 51.9 Å². The number of para-hydroxylation sites is 1. The predicted molar refractivity (Wildman–Crippen MR) is 133 cm³/mol. The number of β-amino-alcohol motifs (C(OH)–C–C–N with tert-alkyl or cyclic N) is 2. The summed E-state index contributed by atoms with van der Waals surface area (Å²) in [6, 6.07) is 15.0. The molecule has 1 saturated heterocycles. The van der Waals surface area contributed by atoms with Crippen LogP contribution >= 0.6 is 47.4 Å². The lowest BCUT2D eigenvalue weighted by Gasteiger charge is -2.35. The van der Waals surface area contributed by atoms with Crippen LogP contribution in [0.15, 0.2) is 42.5 Å². The van der Waals surface area contributed by atoms with Gasteiger partial charge in [-0.15, -0.1) is 24.8 Å². The third kappa shape index (κ3) is 5.55. The number of halogens is 3. The Kier molecular flexibility index (Phi) is 9.47. The van der Waals surface area contributed by atoms with Gasteiger partial charge in [0.25, 0.3) is 0 Å². The van der Waals surface area contributed by atoms with Crippen molar-refractivity contribution in [1.29, 1.82) is 0 Å². The fraction of sp³-hybridized carbons (Fsp3) is 0.429. The first kappa shape index (κ1) is 24.7. The normalized spacial score (nSPS) is 16.5. The van der Waals surface area contributed by atoms with Gasteiger partial charge >= 0.3 is 0 Å². The molecule has 5 nitrogen and oxygen atoms in total. The maximum atomic E-state index is 10.8. The second-order valence-electron chi connectivity index (χ2n) is 7.31. The van der Waals surface area contributed by atoms with Gasteiger partial charge < -0.3 is 14.8 Å². The molecule has 1 aliphatic rings. The fourth-order valence-electron chi connectivity index (χ4n) is 4.13. The molecule has 0 amide bonds. The van der Waals surface area contributed by atoms with Gasteiger partial charge in [-0.3, -0.25) is 9.80 Å². The molecule has 0 radical (unpaired) electrons. The highest BCUT2D eigenvalue weighted by Crippen LogP contribution is 2.30. The largest absolute Gasteiger partial charge is 0.395 e. The molecule has 1 atom stereocenters. The van der Waals surface area contributed by atoms with Gasteiger partial charge in [0.05, 0.1) is 19.3 Å². The molecule has 4 rings (SSSR count). The van der Waals surface area contributed by atoms with Crippen LogP contribution in [0.4, 0.5) is 0 Å². The average Bonchev–Trinajstić information content (AvgIpc) is 2.97. The zero-order valence-corrected chi connectivity index (χ0v) is 20.0. The summed E-state index contributed by atoms with van der Waals surface area (Å²) >= 11 is 2.35. The second kappa shape index (κ2) is 11.1. The van der Waals surface area contributed by atoms with Crippen LogP contribution in [0.3, 0.4) is 0 Å². The molecule has 1 aromatic heterocycles. The Morgan fingerprint density at radius 1 is 0.862 bits per heavy atom. The van der Waals surface area contributed by atoms with Gasteiger partial charge in [0.15, 0.2) is 0 Å². The molecular weight excluding hydrogens is 524 g/mol. The van der Waals surface area contributed by atoms with E-state index < -0.39 is 6.10 Å². The SMILES string of the molecule is Cl.Cl.OCCN1CCN(CC(O)Cn2c3ccccc3c3cc(I)ccc32)CC1. The quantitative estimate of drug-likeness (QED) is 0.462. The number of aromatic nitrogens is 1. The van der Waals surface area contributed by atoms with Crippen molar-refractivity contribution in [3.05, 3.63) is 46.0 Å². The molecule has 1 fully saturated rings. The van der Waals surface area contributed by atoms with Gasteiger partial charge in [-0.05, 0) is 46.9 Å². The molecule has 0 saturated carbocycles. The Morgan fingerprint density at radius 2 is 1.52 bits per heavy atom. The molecule has 160 valence electrons. The minimum atomic E-state index is -0.410. The number of aliphatic hydroxyl groups is 2. The molecule has 1 unspecified atom stereocenters. The number of hydrogen-bond donors (Lipinski definition) is 2. The highest BCUT2D eigenvalue weighted by molar-refractivity contribution is 14.1. The van der Waals surface area contributed by atoms with E-state index in [4.69, 9.17) is 5.11 Å². The number of benzene rings is 2. The standard InChI is InChI=1S/C21H26IN3O2.2ClH/c22-16-5-6-21-19(13-16)18-3-1-2-4-20(18)25(21)15-17(27)14-24-9-7-23(8-10-24)11-12-26;;/h1-6,13,17,26-27H,7-12,14-15H2;2*1H. The molecule has 29 heavy (non-hydrogen) atoms. The zero-order chi connectivity index (χ0) is 18.8. The van der Waals surface area contributed by atoms with Crippen molar-refractivity contribution in [3.8, 4) is 0 Å². The third-order valence-electron chi connectivity index (χ3n) is 5.48. The third-order valence-corrected chi connectivity index (χ3v) is 6.15. The van der Waals surface area contributed by atoms with Gasteiger partial charge in [0, 0.05) is 64.6 Å². The van der Waals surface area contributed by atoms with Crippen LogP contribution in [0.1, 0.15) is 0 Å². The Morgan fingerprint density at radius 3 is 2.24 bits per heavy atom. The van der Waals surface area contributed by atoms with Gasteiger partial charge in [0.1, 0.15) is 0 Å². The van der Waals surface area contributed by atoms with Crippen LogP contribution in [-0.2, 0) is 6.54 Å². The van der Waals surface area contributed by atoms with Crippen LogP contribution in [0.5, 0.6) is 0 Å². The summed E-state index contributed by atoms with van der Waals surface area (Å²) < 4.78 is 3.48. The van der Waals surface area contributed by atoms with E-state index in [9.17, 15) is 5.11 Å². The summed E-state index contributed by atoms with van der Waals surface area (Å²) in [5.41, 5.74) is 2.37. The molecule has 1 aliphatic heterocycles. The van der Waals surface area contributed by atoms with E-state index in [1.165, 1.54) is 25.4 Å². The van der Waals surface area contributed by atoms with E-state index in [1.807, 2.05) is 0 Å². The lowest BCUT2D eigenvalue weighted by molar-refractivity contribution is 0.0601. The van der Waals surface area contributed by atoms with Gasteiger partial charge in [-0.25, -0.2) is 0 Å². The molecule has 0 aliphatic carbocycles. The van der Waals surface area contributed by atoms with Crippen LogP contribution in [0.25, 0.3) is 21.8 Å². The number of piperazine rings is 1. The van der Waals surface area contributed by atoms with Gasteiger partial charge in [-0.1, -0.05) is 18.2 Å². The van der Waals surface area contributed by atoms with Crippen molar-refractivity contribution in [1.82, 2.24) is 14.4 Å². The van der Waals surface area contributed by atoms with Crippen molar-refractivity contribution < 1.29 is 10.2 Å². The first-order chi connectivity index (χ1) is 13.2. The molecule has 2 aromatic carbocycles. The Balaban J connectivity index is 0.00000150. The van der Waals surface area contributed by atoms with Gasteiger partial charge in [-0.2, -0.15) is 0 Å². The van der Waals surface area contributed by atoms with Crippen LogP contribution in [-0.4, -0.2) is 76.6 Å². The van der Waals surface area contributed by atoms with E-state index in [0.29, 0.717) is 13.1 Å². The number of aliphatic hydroxyl groups excluding tert-OH is 2. The first-order valence-corrected chi connectivity index (χ1v) is 10.6. The second-order valence-corrected chi connectivity index (χ2v) is 8.55. The Hall–Kier alpha value is -0.610.